The highest BCUT2D eigenvalue weighted by molar-refractivity contribution is 5.85. The zero-order chi connectivity index (χ0) is 11.4. The summed E-state index contributed by atoms with van der Waals surface area (Å²) in [5, 5.41) is 0. The summed E-state index contributed by atoms with van der Waals surface area (Å²) in [5.41, 5.74) is 2.85. The molecule has 2 rings (SSSR count). The molecule has 0 amide bonds. The third-order valence-corrected chi connectivity index (χ3v) is 3.81. The van der Waals surface area contributed by atoms with Crippen LogP contribution in [0.15, 0.2) is 24.3 Å². The van der Waals surface area contributed by atoms with Crippen LogP contribution >= 0.6 is 12.4 Å². The first-order chi connectivity index (χ1) is 7.75. The first-order valence-electron chi connectivity index (χ1n) is 6.51. The molecule has 0 radical (unpaired) electrons. The summed E-state index contributed by atoms with van der Waals surface area (Å²) in [6, 6.07) is 9.81. The van der Waals surface area contributed by atoms with Crippen LogP contribution in [0.4, 0.5) is 0 Å². The average molecular weight is 254 g/mol. The summed E-state index contributed by atoms with van der Waals surface area (Å²) in [5.74, 6) is 0. The Kier molecular flexibility index (Phi) is 6.01. The number of hydrogen-bond acceptors (Lipinski definition) is 1. The number of hydrogen-bond donors (Lipinski definition) is 0. The van der Waals surface area contributed by atoms with Gasteiger partial charge in [-0.3, -0.25) is 0 Å². The van der Waals surface area contributed by atoms with Gasteiger partial charge in [-0.1, -0.05) is 36.2 Å². The van der Waals surface area contributed by atoms with Crippen molar-refractivity contribution in [1.82, 2.24) is 4.90 Å². The van der Waals surface area contributed by atoms with Gasteiger partial charge >= 0.3 is 0 Å². The molecule has 17 heavy (non-hydrogen) atoms. The molecule has 1 fully saturated rings. The Labute approximate surface area is 112 Å². The van der Waals surface area contributed by atoms with Crippen molar-refractivity contribution >= 4 is 12.4 Å². The van der Waals surface area contributed by atoms with Crippen LogP contribution < -0.4 is 0 Å². The Hall–Kier alpha value is -0.530. The predicted molar refractivity (Wildman–Crippen MR) is 77.0 cm³/mol. The van der Waals surface area contributed by atoms with Gasteiger partial charge in [0.25, 0.3) is 0 Å². The van der Waals surface area contributed by atoms with Gasteiger partial charge < -0.3 is 4.90 Å². The van der Waals surface area contributed by atoms with Gasteiger partial charge in [0, 0.05) is 6.04 Å². The Morgan fingerprint density at radius 3 is 2.53 bits per heavy atom. The van der Waals surface area contributed by atoms with E-state index in [4.69, 9.17) is 0 Å². The van der Waals surface area contributed by atoms with Crippen molar-refractivity contribution in [3.63, 3.8) is 0 Å². The van der Waals surface area contributed by atoms with Crippen LogP contribution in [0.5, 0.6) is 0 Å². The highest BCUT2D eigenvalue weighted by Crippen LogP contribution is 2.19. The van der Waals surface area contributed by atoms with Gasteiger partial charge in [0.1, 0.15) is 0 Å². The topological polar surface area (TPSA) is 3.24 Å². The quantitative estimate of drug-likeness (QED) is 0.791. The van der Waals surface area contributed by atoms with Crippen molar-refractivity contribution < 1.29 is 0 Å². The maximum Gasteiger partial charge on any atom is 0.00953 e. The second kappa shape index (κ2) is 7.03. The lowest BCUT2D eigenvalue weighted by Crippen LogP contribution is -2.36. The van der Waals surface area contributed by atoms with Crippen LogP contribution in [-0.2, 0) is 6.42 Å². The first-order valence-corrected chi connectivity index (χ1v) is 6.51. The van der Waals surface area contributed by atoms with Crippen molar-refractivity contribution in [2.75, 3.05) is 13.6 Å². The zero-order valence-electron chi connectivity index (χ0n) is 11.0. The minimum absolute atomic E-state index is 0. The monoisotopic (exact) mass is 253 g/mol. The first kappa shape index (κ1) is 14.5. The third-order valence-electron chi connectivity index (χ3n) is 3.81. The van der Waals surface area contributed by atoms with E-state index >= 15 is 0 Å². The fourth-order valence-electron chi connectivity index (χ4n) is 2.60. The van der Waals surface area contributed by atoms with Crippen LogP contribution in [0.1, 0.15) is 36.8 Å². The second-order valence-corrected chi connectivity index (χ2v) is 5.15. The fraction of sp³-hybridized carbons (Fsp3) is 0.600. The SMILES string of the molecule is Cc1ccc(CCC2CCCCN2C)cc1.Cl. The number of piperidine rings is 1. The number of aryl methyl sites for hydroxylation is 2. The normalized spacial score (nSPS) is 20.9. The van der Waals surface area contributed by atoms with Crippen LogP contribution in [0.25, 0.3) is 0 Å². The van der Waals surface area contributed by atoms with E-state index in [1.54, 1.807) is 0 Å². The van der Waals surface area contributed by atoms with Gasteiger partial charge in [-0.25, -0.2) is 0 Å². The molecule has 0 saturated carbocycles. The van der Waals surface area contributed by atoms with E-state index in [1.807, 2.05) is 0 Å². The lowest BCUT2D eigenvalue weighted by molar-refractivity contribution is 0.176. The number of rotatable bonds is 3. The van der Waals surface area contributed by atoms with E-state index < -0.39 is 0 Å². The molecule has 1 aliphatic rings. The Morgan fingerprint density at radius 1 is 1.18 bits per heavy atom. The molecule has 1 unspecified atom stereocenters. The van der Waals surface area contributed by atoms with Crippen molar-refractivity contribution in [1.29, 1.82) is 0 Å². The summed E-state index contributed by atoms with van der Waals surface area (Å²) in [6.07, 6.45) is 6.75. The molecule has 0 spiro atoms. The Morgan fingerprint density at radius 2 is 1.88 bits per heavy atom. The van der Waals surface area contributed by atoms with Gasteiger partial charge in [-0.05, 0) is 51.8 Å². The van der Waals surface area contributed by atoms with E-state index in [2.05, 4.69) is 43.1 Å². The standard InChI is InChI=1S/C15H23N.ClH/c1-13-6-8-14(9-7-13)10-11-15-5-3-4-12-16(15)2;/h6-9,15H,3-5,10-12H2,1-2H3;1H. The van der Waals surface area contributed by atoms with Crippen molar-refractivity contribution in [2.45, 2.75) is 45.1 Å². The zero-order valence-corrected chi connectivity index (χ0v) is 11.8. The van der Waals surface area contributed by atoms with Crippen LogP contribution in [0, 0.1) is 6.92 Å². The summed E-state index contributed by atoms with van der Waals surface area (Å²) < 4.78 is 0. The molecule has 0 aliphatic carbocycles. The fourth-order valence-corrected chi connectivity index (χ4v) is 2.60. The number of likely N-dealkylation sites (tertiary alicyclic amines) is 1. The van der Waals surface area contributed by atoms with Crippen molar-refractivity contribution in [2.24, 2.45) is 0 Å². The predicted octanol–water partition coefficient (Wildman–Crippen LogP) is 3.83. The number of halogens is 1. The largest absolute Gasteiger partial charge is 0.303 e. The highest BCUT2D eigenvalue weighted by Gasteiger charge is 2.18. The van der Waals surface area contributed by atoms with Gasteiger partial charge in [-0.15, -0.1) is 12.4 Å². The Bertz CT molecular complexity index is 320. The van der Waals surface area contributed by atoms with Gasteiger partial charge in [0.2, 0.25) is 0 Å². The van der Waals surface area contributed by atoms with Crippen LogP contribution in [0.2, 0.25) is 0 Å². The van der Waals surface area contributed by atoms with Gasteiger partial charge in [0.05, 0.1) is 0 Å². The molecule has 1 heterocycles. The molecule has 96 valence electrons. The molecule has 1 aromatic rings. The summed E-state index contributed by atoms with van der Waals surface area (Å²) in [6.45, 7) is 3.44. The van der Waals surface area contributed by atoms with Crippen LogP contribution in [-0.4, -0.2) is 24.5 Å². The van der Waals surface area contributed by atoms with Gasteiger partial charge in [0.15, 0.2) is 0 Å². The summed E-state index contributed by atoms with van der Waals surface area (Å²) >= 11 is 0. The van der Waals surface area contributed by atoms with Crippen molar-refractivity contribution in [3.05, 3.63) is 35.4 Å². The summed E-state index contributed by atoms with van der Waals surface area (Å²) in [7, 11) is 2.28. The molecule has 1 aromatic carbocycles. The third kappa shape index (κ3) is 4.33. The molecule has 2 heteroatoms. The number of benzene rings is 1. The lowest BCUT2D eigenvalue weighted by atomic mass is 9.96. The number of nitrogens with zero attached hydrogens (tertiary/aromatic N) is 1. The Balaban J connectivity index is 0.00000144. The van der Waals surface area contributed by atoms with Crippen LogP contribution in [0.3, 0.4) is 0 Å². The lowest BCUT2D eigenvalue weighted by Gasteiger charge is -2.32. The molecule has 1 aliphatic heterocycles. The molecule has 0 aromatic heterocycles. The van der Waals surface area contributed by atoms with E-state index in [0.717, 1.165) is 6.04 Å². The molecular weight excluding hydrogens is 230 g/mol. The summed E-state index contributed by atoms with van der Waals surface area (Å²) in [4.78, 5) is 2.54. The van der Waals surface area contributed by atoms with E-state index in [-0.39, 0.29) is 12.4 Å². The van der Waals surface area contributed by atoms with E-state index in [9.17, 15) is 0 Å². The minimum Gasteiger partial charge on any atom is -0.303 e. The molecule has 1 atom stereocenters. The maximum atomic E-state index is 2.54. The highest BCUT2D eigenvalue weighted by atomic mass is 35.5. The van der Waals surface area contributed by atoms with E-state index in [0.29, 0.717) is 0 Å². The molecule has 0 bridgehead atoms. The average Bonchev–Trinajstić information content (AvgIpc) is 2.30. The molecular formula is C15H24ClN. The maximum absolute atomic E-state index is 2.54. The molecule has 1 nitrogen and oxygen atoms in total. The molecule has 1 saturated heterocycles. The van der Waals surface area contributed by atoms with Gasteiger partial charge in [-0.2, -0.15) is 0 Å². The minimum atomic E-state index is 0. The smallest absolute Gasteiger partial charge is 0.00953 e. The van der Waals surface area contributed by atoms with E-state index in [1.165, 1.54) is 49.8 Å². The van der Waals surface area contributed by atoms with Crippen molar-refractivity contribution in [3.8, 4) is 0 Å². The second-order valence-electron chi connectivity index (χ2n) is 5.15. The molecule has 0 N–H and O–H groups in total.